The van der Waals surface area contributed by atoms with E-state index in [1.54, 1.807) is 35.5 Å². The van der Waals surface area contributed by atoms with Gasteiger partial charge in [-0.2, -0.15) is 5.26 Å². The number of halogens is 1. The second-order valence-electron chi connectivity index (χ2n) is 15.2. The van der Waals surface area contributed by atoms with Crippen molar-refractivity contribution in [3.8, 4) is 11.8 Å². The van der Waals surface area contributed by atoms with Crippen LogP contribution >= 0.6 is 11.6 Å². The molecule has 4 amide bonds. The molecule has 2 N–H and O–H groups in total. The highest BCUT2D eigenvalue weighted by Crippen LogP contribution is 2.34. The van der Waals surface area contributed by atoms with Crippen molar-refractivity contribution in [3.63, 3.8) is 0 Å². The number of rotatable bonds is 9. The average Bonchev–Trinajstić information content (AvgIpc) is 3.64. The van der Waals surface area contributed by atoms with E-state index in [0.717, 1.165) is 101 Å². The summed E-state index contributed by atoms with van der Waals surface area (Å²) < 4.78 is 8.46. The van der Waals surface area contributed by atoms with Crippen molar-refractivity contribution in [1.29, 1.82) is 5.26 Å². The number of benzene rings is 2. The Labute approximate surface area is 325 Å². The van der Waals surface area contributed by atoms with E-state index in [0.29, 0.717) is 52.8 Å². The summed E-state index contributed by atoms with van der Waals surface area (Å²) in [6.07, 6.45) is 13.3. The maximum Gasteiger partial charge on any atom is 0.328 e. The Morgan fingerprint density at radius 1 is 0.945 bits per heavy atom. The Hall–Kier alpha value is -5.19. The van der Waals surface area contributed by atoms with Crippen LogP contribution in [0.25, 0.3) is 10.9 Å². The van der Waals surface area contributed by atoms with Crippen molar-refractivity contribution in [3.05, 3.63) is 77.2 Å². The van der Waals surface area contributed by atoms with Crippen LogP contribution < -0.4 is 25.2 Å². The lowest BCUT2D eigenvalue weighted by Gasteiger charge is -2.38. The fourth-order valence-electron chi connectivity index (χ4n) is 8.63. The van der Waals surface area contributed by atoms with Crippen LogP contribution in [0.1, 0.15) is 79.8 Å². The first-order chi connectivity index (χ1) is 26.8. The van der Waals surface area contributed by atoms with Crippen LogP contribution in [0.2, 0.25) is 5.02 Å². The van der Waals surface area contributed by atoms with Crippen LogP contribution in [0.15, 0.2) is 61.1 Å². The third-order valence-electron chi connectivity index (χ3n) is 11.7. The van der Waals surface area contributed by atoms with Crippen LogP contribution in [-0.2, 0) is 4.79 Å². The Morgan fingerprint density at radius 3 is 2.42 bits per heavy atom. The number of carbonyl (C=O) groups is 3. The van der Waals surface area contributed by atoms with Gasteiger partial charge >= 0.3 is 6.03 Å². The molecule has 0 atom stereocenters. The van der Waals surface area contributed by atoms with Gasteiger partial charge in [0.2, 0.25) is 11.9 Å². The van der Waals surface area contributed by atoms with Crippen molar-refractivity contribution in [2.45, 2.75) is 76.0 Å². The quantitative estimate of drug-likeness (QED) is 0.207. The fourth-order valence-corrected chi connectivity index (χ4v) is 8.84. The van der Waals surface area contributed by atoms with Crippen molar-refractivity contribution in [1.82, 2.24) is 30.1 Å². The van der Waals surface area contributed by atoms with E-state index < -0.39 is 0 Å². The Bertz CT molecular complexity index is 2080. The van der Waals surface area contributed by atoms with Gasteiger partial charge in [-0.15, -0.1) is 0 Å². The molecule has 55 heavy (non-hydrogen) atoms. The molecule has 2 aromatic carbocycles. The van der Waals surface area contributed by atoms with Crippen LogP contribution in [0.5, 0.6) is 5.75 Å². The molecule has 3 saturated heterocycles. The summed E-state index contributed by atoms with van der Waals surface area (Å²) in [6.45, 7) is 5.39. The number of hydrogen-bond donors (Lipinski definition) is 2. The van der Waals surface area contributed by atoms with E-state index in [1.807, 2.05) is 12.1 Å². The van der Waals surface area contributed by atoms with Crippen LogP contribution in [0.4, 0.5) is 16.4 Å². The topological polar surface area (TPSA) is 149 Å². The van der Waals surface area contributed by atoms with Crippen molar-refractivity contribution in [2.24, 2.45) is 5.92 Å². The first-order valence-electron chi connectivity index (χ1n) is 19.5. The number of urea groups is 1. The number of nitriles is 1. The third-order valence-corrected chi connectivity index (χ3v) is 12.0. The highest BCUT2D eigenvalue weighted by atomic mass is 35.5. The number of hydrogen-bond acceptors (Lipinski definition) is 9. The molecule has 286 valence electrons. The van der Waals surface area contributed by atoms with Crippen molar-refractivity contribution >= 4 is 52.0 Å². The van der Waals surface area contributed by atoms with Gasteiger partial charge in [0.15, 0.2) is 0 Å². The zero-order valence-electron chi connectivity index (χ0n) is 30.8. The van der Waals surface area contributed by atoms with E-state index in [-0.39, 0.29) is 30.0 Å². The second-order valence-corrected chi connectivity index (χ2v) is 15.6. The molecule has 3 aliphatic heterocycles. The van der Waals surface area contributed by atoms with Gasteiger partial charge in [0.05, 0.1) is 33.5 Å². The first-order valence-corrected chi connectivity index (χ1v) is 19.9. The molecule has 14 heteroatoms. The van der Waals surface area contributed by atoms with Gasteiger partial charge in [-0.3, -0.25) is 19.8 Å². The predicted molar refractivity (Wildman–Crippen MR) is 209 cm³/mol. The maximum atomic E-state index is 13.0. The minimum atomic E-state index is -0.354. The monoisotopic (exact) mass is 763 g/mol. The van der Waals surface area contributed by atoms with Gasteiger partial charge in [-0.05, 0) is 87.6 Å². The van der Waals surface area contributed by atoms with Gasteiger partial charge < -0.3 is 24.4 Å². The summed E-state index contributed by atoms with van der Waals surface area (Å²) in [5.74, 6) is 1.57. The highest BCUT2D eigenvalue weighted by molar-refractivity contribution is 6.31. The summed E-state index contributed by atoms with van der Waals surface area (Å²) >= 11 is 6.15. The van der Waals surface area contributed by atoms with E-state index in [9.17, 15) is 14.4 Å². The number of nitrogens with zero attached hydrogens (tertiary/aromatic N) is 7. The largest absolute Gasteiger partial charge is 0.490 e. The van der Waals surface area contributed by atoms with Crippen molar-refractivity contribution in [2.75, 3.05) is 49.1 Å². The number of piperidine rings is 2. The standard InChI is InChI=1S/C41H46ClN9O4/c42-35-22-33(7-4-28(35)23-43)55-32-8-5-30(6-9-32)46-39(53)29-24-44-40(45-25-29)49-18-10-27(11-19-49)26-48-16-12-31(13-17-48)50-20-14-34-36(50)2-1-3-37(34)51-21-15-38(52)47-41(51)54/h1-4,7,14,20,22,24-25,27,30-32H,5-6,8-13,15-19,21,26H2,(H,46,53)(H,47,52,54)/t30-,32-. The molecule has 1 saturated carbocycles. The van der Waals surface area contributed by atoms with Gasteiger partial charge in [0.1, 0.15) is 11.8 Å². The summed E-state index contributed by atoms with van der Waals surface area (Å²) in [5, 5.41) is 16.1. The molecule has 4 fully saturated rings. The van der Waals surface area contributed by atoms with E-state index in [2.05, 4.69) is 59.4 Å². The van der Waals surface area contributed by atoms with Gasteiger partial charge in [0.25, 0.3) is 5.91 Å². The van der Waals surface area contributed by atoms with Crippen LogP contribution in [0.3, 0.4) is 0 Å². The molecular weight excluding hydrogens is 718 g/mol. The summed E-state index contributed by atoms with van der Waals surface area (Å²) in [6, 6.07) is 15.5. The normalized spacial score (nSPS) is 21.7. The molecular formula is C41H46ClN9O4. The number of amides is 4. The zero-order chi connectivity index (χ0) is 37.9. The number of likely N-dealkylation sites (tertiary alicyclic amines) is 1. The maximum absolute atomic E-state index is 13.0. The lowest BCUT2D eigenvalue weighted by atomic mass is 9.92. The molecule has 0 bridgehead atoms. The molecule has 5 heterocycles. The number of nitrogens with one attached hydrogen (secondary N) is 2. The third kappa shape index (κ3) is 8.26. The minimum Gasteiger partial charge on any atom is -0.490 e. The highest BCUT2D eigenvalue weighted by Gasteiger charge is 2.30. The minimum absolute atomic E-state index is 0.0383. The Morgan fingerprint density at radius 2 is 1.71 bits per heavy atom. The molecule has 13 nitrogen and oxygen atoms in total. The molecule has 4 aromatic rings. The van der Waals surface area contributed by atoms with Crippen molar-refractivity contribution < 1.29 is 19.1 Å². The molecule has 0 radical (unpaired) electrons. The lowest BCUT2D eigenvalue weighted by Crippen LogP contribution is -2.49. The Kier molecular flexibility index (Phi) is 10.9. The zero-order valence-corrected chi connectivity index (χ0v) is 31.6. The Balaban J connectivity index is 0.760. The first kappa shape index (κ1) is 36.8. The SMILES string of the molecule is N#Cc1ccc(O[C@H]2CC[C@H](NC(=O)c3cnc(N4CCC(CN5CCC(n6ccc7c(N8CCC(=O)NC8=O)cccc76)CC5)CC4)nc3)CC2)cc1Cl. The predicted octanol–water partition coefficient (Wildman–Crippen LogP) is 6.08. The molecule has 0 spiro atoms. The van der Waals surface area contributed by atoms with Crippen LogP contribution in [0, 0.1) is 17.2 Å². The number of aromatic nitrogens is 3. The molecule has 0 unspecified atom stereocenters. The number of imide groups is 1. The summed E-state index contributed by atoms with van der Waals surface area (Å²) in [7, 11) is 0. The average molecular weight is 764 g/mol. The molecule has 1 aliphatic carbocycles. The number of carbonyl (C=O) groups excluding carboxylic acids is 3. The van der Waals surface area contributed by atoms with E-state index in [1.165, 1.54) is 0 Å². The summed E-state index contributed by atoms with van der Waals surface area (Å²) in [5.41, 5.74) is 2.87. The lowest BCUT2D eigenvalue weighted by molar-refractivity contribution is -0.120. The summed E-state index contributed by atoms with van der Waals surface area (Å²) in [4.78, 5) is 52.9. The second kappa shape index (κ2) is 16.3. The smallest absolute Gasteiger partial charge is 0.328 e. The van der Waals surface area contributed by atoms with E-state index in [4.69, 9.17) is 21.6 Å². The number of anilines is 2. The number of ether oxygens (including phenoxy) is 1. The van der Waals surface area contributed by atoms with Gasteiger partial charge in [-0.25, -0.2) is 14.8 Å². The van der Waals surface area contributed by atoms with Gasteiger partial charge in [0, 0.05) is 87.8 Å². The molecule has 4 aliphatic rings. The van der Waals surface area contributed by atoms with Gasteiger partial charge in [-0.1, -0.05) is 17.7 Å². The van der Waals surface area contributed by atoms with Crippen LogP contribution in [-0.4, -0.2) is 88.7 Å². The molecule has 8 rings (SSSR count). The molecule has 2 aromatic heterocycles. The fraction of sp³-hybridized carbons (Fsp3) is 0.463. The van der Waals surface area contributed by atoms with E-state index >= 15 is 0 Å². The number of fused-ring (bicyclic) bond motifs is 1.